The van der Waals surface area contributed by atoms with Crippen molar-refractivity contribution >= 4 is 0 Å². The third-order valence-electron chi connectivity index (χ3n) is 11.6. The molecule has 14 atom stereocenters. The fourth-order valence-electron chi connectivity index (χ4n) is 10.9. The van der Waals surface area contributed by atoms with Gasteiger partial charge in [-0.05, 0) is 18.9 Å². The number of fused-ring (bicyclic) bond motifs is 2. The number of piperidine rings is 1. The van der Waals surface area contributed by atoms with E-state index in [0.29, 0.717) is 26.0 Å². The van der Waals surface area contributed by atoms with Crippen LogP contribution in [0.3, 0.4) is 0 Å². The van der Waals surface area contributed by atoms with E-state index >= 15 is 0 Å². The minimum atomic E-state index is -1.43. The lowest BCUT2D eigenvalue weighted by Gasteiger charge is -2.70. The van der Waals surface area contributed by atoms with Gasteiger partial charge in [0.25, 0.3) is 0 Å². The van der Waals surface area contributed by atoms with Crippen LogP contribution in [-0.4, -0.2) is 121 Å². The summed E-state index contributed by atoms with van der Waals surface area (Å²) in [6.07, 6.45) is -2.06. The largest absolute Gasteiger partial charge is 0.392 e. The molecule has 1 saturated heterocycles. The molecule has 7 bridgehead atoms. The molecule has 9 nitrogen and oxygen atoms in total. The molecule has 0 amide bonds. The summed E-state index contributed by atoms with van der Waals surface area (Å²) in [4.78, 5) is 2.39. The van der Waals surface area contributed by atoms with Crippen molar-refractivity contribution < 1.29 is 39.4 Å². The van der Waals surface area contributed by atoms with E-state index in [2.05, 4.69) is 11.8 Å². The van der Waals surface area contributed by atoms with E-state index in [-0.39, 0.29) is 42.4 Å². The summed E-state index contributed by atoms with van der Waals surface area (Å²) in [6, 6.07) is -0.0636. The van der Waals surface area contributed by atoms with Crippen LogP contribution in [-0.2, 0) is 18.9 Å². The Morgan fingerprint density at radius 3 is 2.21 bits per heavy atom. The van der Waals surface area contributed by atoms with Crippen LogP contribution in [0.2, 0.25) is 0 Å². The number of rotatable bonds is 6. The Hall–Kier alpha value is -0.360. The molecule has 194 valence electrons. The lowest BCUT2D eigenvalue weighted by molar-refractivity contribution is -0.298. The maximum Gasteiger partial charge on any atom is 0.117 e. The van der Waals surface area contributed by atoms with Crippen LogP contribution < -0.4 is 0 Å². The molecule has 4 N–H and O–H groups in total. The number of nitrogens with zero attached hydrogens (tertiary/aromatic N) is 1. The predicted molar refractivity (Wildman–Crippen MR) is 120 cm³/mol. The van der Waals surface area contributed by atoms with Gasteiger partial charge in [0.05, 0.1) is 42.7 Å². The van der Waals surface area contributed by atoms with Crippen molar-refractivity contribution in [2.24, 2.45) is 34.5 Å². The molecule has 9 heteroatoms. The summed E-state index contributed by atoms with van der Waals surface area (Å²) in [5, 5.41) is 47.6. The Morgan fingerprint density at radius 2 is 1.62 bits per heavy atom. The summed E-state index contributed by atoms with van der Waals surface area (Å²) < 4.78 is 24.0. The first-order valence-electron chi connectivity index (χ1n) is 12.8. The first-order chi connectivity index (χ1) is 16.2. The zero-order valence-electron chi connectivity index (χ0n) is 20.9. The van der Waals surface area contributed by atoms with Crippen molar-refractivity contribution in [3.05, 3.63) is 0 Å². The quantitative estimate of drug-likeness (QED) is 0.386. The third kappa shape index (κ3) is 2.26. The standard InChI is InChI=1S/C25H41NO8/c1-6-26-10-22(11-31-2)13(27)7-14(32-3)25-12-8-23(29)15(33-4)9-24(30,16(12)21(23)28)17(20(25)26)18(34-5)19(22)25/h12-21,27-30H,6-11H2,1-5H3/t12-,13?,14+,15+,16-,17+,18+,19-,20-,21-,22+,23-,24-,25+/m1/s1. The molecule has 6 rings (SSSR count). The number of hydrogen-bond acceptors (Lipinski definition) is 9. The maximum absolute atomic E-state index is 12.6. The average molecular weight is 484 g/mol. The lowest BCUT2D eigenvalue weighted by atomic mass is 9.42. The molecule has 5 aliphatic carbocycles. The van der Waals surface area contributed by atoms with Gasteiger partial charge in [0, 0.05) is 82.5 Å². The van der Waals surface area contributed by atoms with Gasteiger partial charge in [0.1, 0.15) is 5.60 Å². The monoisotopic (exact) mass is 483 g/mol. The van der Waals surface area contributed by atoms with Gasteiger partial charge in [0.2, 0.25) is 0 Å². The number of hydrogen-bond donors (Lipinski definition) is 4. The zero-order chi connectivity index (χ0) is 24.4. The highest BCUT2D eigenvalue weighted by atomic mass is 16.5. The number of aliphatic hydroxyl groups is 4. The highest BCUT2D eigenvalue weighted by Gasteiger charge is 2.89. The van der Waals surface area contributed by atoms with Crippen LogP contribution in [0.5, 0.6) is 0 Å². The van der Waals surface area contributed by atoms with Gasteiger partial charge in [-0.3, -0.25) is 4.90 Å². The SMILES string of the molecule is CCN1C[C@]2(COC)C(O)C[C@H](OC)[C@@]34[C@@H]5C[C@@]6(O)[C@@H](OC)C[C@@](O)([C@H]5[C@H]6O)[C@@H]([C@H](OC)[C@H]23)[C@@H]14. The van der Waals surface area contributed by atoms with E-state index in [1.807, 2.05) is 0 Å². The molecule has 5 saturated carbocycles. The van der Waals surface area contributed by atoms with Crippen LogP contribution in [0.4, 0.5) is 0 Å². The molecule has 1 aliphatic heterocycles. The highest BCUT2D eigenvalue weighted by molar-refractivity contribution is 5.38. The molecule has 34 heavy (non-hydrogen) atoms. The van der Waals surface area contributed by atoms with Crippen LogP contribution in [0.25, 0.3) is 0 Å². The molecule has 1 spiro atoms. The van der Waals surface area contributed by atoms with Crippen LogP contribution in [0, 0.1) is 34.5 Å². The van der Waals surface area contributed by atoms with Gasteiger partial charge in [-0.25, -0.2) is 0 Å². The summed E-state index contributed by atoms with van der Waals surface area (Å²) in [5.41, 5.74) is -3.83. The van der Waals surface area contributed by atoms with Crippen molar-refractivity contribution in [3.63, 3.8) is 0 Å². The molecular formula is C25H41NO8. The Bertz CT molecular complexity index is 846. The second-order valence-electron chi connectivity index (χ2n) is 12.0. The summed E-state index contributed by atoms with van der Waals surface area (Å²) in [7, 11) is 6.61. The zero-order valence-corrected chi connectivity index (χ0v) is 20.9. The number of ether oxygens (including phenoxy) is 4. The van der Waals surface area contributed by atoms with Gasteiger partial charge in [0.15, 0.2) is 0 Å². The van der Waals surface area contributed by atoms with E-state index in [1.54, 1.807) is 28.4 Å². The number of aliphatic hydroxyl groups excluding tert-OH is 2. The second kappa shape index (κ2) is 7.36. The highest BCUT2D eigenvalue weighted by Crippen LogP contribution is 2.79. The van der Waals surface area contributed by atoms with Gasteiger partial charge in [-0.15, -0.1) is 0 Å². The molecule has 0 aromatic rings. The van der Waals surface area contributed by atoms with E-state index in [1.165, 1.54) is 0 Å². The maximum atomic E-state index is 12.6. The molecule has 1 unspecified atom stereocenters. The average Bonchev–Trinajstić information content (AvgIpc) is 3.17. The summed E-state index contributed by atoms with van der Waals surface area (Å²) >= 11 is 0. The third-order valence-corrected chi connectivity index (χ3v) is 11.6. The minimum Gasteiger partial charge on any atom is -0.392 e. The Labute approximate surface area is 201 Å². The van der Waals surface area contributed by atoms with Crippen molar-refractivity contribution in [1.82, 2.24) is 4.90 Å². The normalized spacial score (nSPS) is 61.7. The Balaban J connectivity index is 1.66. The fraction of sp³-hybridized carbons (Fsp3) is 1.00. The Kier molecular flexibility index (Phi) is 5.19. The van der Waals surface area contributed by atoms with Crippen LogP contribution in [0.1, 0.15) is 26.2 Å². The summed E-state index contributed by atoms with van der Waals surface area (Å²) in [5.74, 6) is -1.20. The van der Waals surface area contributed by atoms with Crippen LogP contribution in [0.15, 0.2) is 0 Å². The van der Waals surface area contributed by atoms with Crippen molar-refractivity contribution in [2.75, 3.05) is 48.1 Å². The molecule has 6 fully saturated rings. The van der Waals surface area contributed by atoms with E-state index in [0.717, 1.165) is 6.54 Å². The van der Waals surface area contributed by atoms with Gasteiger partial charge in [-0.2, -0.15) is 0 Å². The van der Waals surface area contributed by atoms with Crippen LogP contribution >= 0.6 is 0 Å². The Morgan fingerprint density at radius 1 is 0.912 bits per heavy atom. The van der Waals surface area contributed by atoms with Gasteiger partial charge >= 0.3 is 0 Å². The van der Waals surface area contributed by atoms with E-state index in [9.17, 15) is 20.4 Å². The van der Waals surface area contributed by atoms with Gasteiger partial charge in [-0.1, -0.05) is 6.92 Å². The minimum absolute atomic E-state index is 0.0636. The molecular weight excluding hydrogens is 442 g/mol. The molecule has 0 aromatic carbocycles. The van der Waals surface area contributed by atoms with Crippen molar-refractivity contribution in [2.45, 2.75) is 73.9 Å². The van der Waals surface area contributed by atoms with Crippen molar-refractivity contribution in [1.29, 1.82) is 0 Å². The smallest absolute Gasteiger partial charge is 0.117 e. The predicted octanol–water partition coefficient (Wildman–Crippen LogP) is -0.758. The van der Waals surface area contributed by atoms with Gasteiger partial charge < -0.3 is 39.4 Å². The first kappa shape index (κ1) is 24.0. The van der Waals surface area contributed by atoms with E-state index in [4.69, 9.17) is 18.9 Å². The molecule has 0 radical (unpaired) electrons. The molecule has 1 heterocycles. The second-order valence-corrected chi connectivity index (χ2v) is 12.0. The first-order valence-corrected chi connectivity index (χ1v) is 12.8. The van der Waals surface area contributed by atoms with Crippen molar-refractivity contribution in [3.8, 4) is 0 Å². The number of methoxy groups -OCH3 is 4. The molecule has 6 aliphatic rings. The lowest BCUT2D eigenvalue weighted by Crippen LogP contribution is -2.78. The topological polar surface area (TPSA) is 121 Å². The van der Waals surface area contributed by atoms with E-state index < -0.39 is 46.3 Å². The molecule has 0 aromatic heterocycles. The summed E-state index contributed by atoms with van der Waals surface area (Å²) in [6.45, 7) is 3.88. The fourth-order valence-corrected chi connectivity index (χ4v) is 10.9. The number of likely N-dealkylation sites (tertiary alicyclic amines) is 1.